The maximum absolute atomic E-state index is 12.7. The molecule has 6 heteroatoms. The fourth-order valence-corrected chi connectivity index (χ4v) is 3.61. The average molecular weight is 368 g/mol. The van der Waals surface area contributed by atoms with Gasteiger partial charge in [-0.1, -0.05) is 37.3 Å². The molecule has 1 aromatic carbocycles. The summed E-state index contributed by atoms with van der Waals surface area (Å²) in [5, 5.41) is 6.73. The van der Waals surface area contributed by atoms with E-state index in [9.17, 15) is 9.59 Å². The molecule has 144 valence electrons. The molecule has 2 aromatic rings. The van der Waals surface area contributed by atoms with Crippen molar-refractivity contribution in [2.24, 2.45) is 0 Å². The molecule has 0 saturated carbocycles. The quantitative estimate of drug-likeness (QED) is 0.817. The second kappa shape index (κ2) is 9.35. The number of carbonyl (C=O) groups excluding carboxylic acids is 2. The van der Waals surface area contributed by atoms with Gasteiger partial charge >= 0.3 is 0 Å². The third-order valence-electron chi connectivity index (χ3n) is 5.22. The van der Waals surface area contributed by atoms with Crippen molar-refractivity contribution in [2.75, 3.05) is 13.1 Å². The molecule has 0 bridgehead atoms. The molecule has 1 aliphatic rings. The molecule has 2 heterocycles. The number of benzene rings is 1. The zero-order valence-corrected chi connectivity index (χ0v) is 15.9. The van der Waals surface area contributed by atoms with Crippen LogP contribution in [0.3, 0.4) is 0 Å². The predicted molar refractivity (Wildman–Crippen MR) is 104 cm³/mol. The number of hydrogen-bond donors (Lipinski definition) is 1. The first-order chi connectivity index (χ1) is 13.2. The van der Waals surface area contributed by atoms with Crippen molar-refractivity contribution in [1.29, 1.82) is 0 Å². The first-order valence-corrected chi connectivity index (χ1v) is 9.76. The van der Waals surface area contributed by atoms with Gasteiger partial charge in [0, 0.05) is 44.7 Å². The van der Waals surface area contributed by atoms with E-state index in [2.05, 4.69) is 17.1 Å². The number of aromatic nitrogens is 2. The summed E-state index contributed by atoms with van der Waals surface area (Å²) in [7, 11) is 0. The Morgan fingerprint density at radius 1 is 1.26 bits per heavy atom. The molecule has 1 N–H and O–H groups in total. The van der Waals surface area contributed by atoms with Gasteiger partial charge < -0.3 is 9.80 Å². The molecule has 1 aliphatic heterocycles. The Balaban J connectivity index is 1.58. The summed E-state index contributed by atoms with van der Waals surface area (Å²) in [6.45, 7) is 3.84. The standard InChI is InChI=1S/C21H28N4O2/c1-2-19-16-24(20(26)10-6-9-18-13-22-23-14-18)12-11-21(27)25(19)15-17-7-4-3-5-8-17/h3-5,7-8,13-14,19H,2,6,9-12,15-16H2,1H3,(H,22,23)/t19-/m0/s1. The Hall–Kier alpha value is -2.63. The first-order valence-electron chi connectivity index (χ1n) is 9.76. The van der Waals surface area contributed by atoms with Crippen LogP contribution in [0.25, 0.3) is 0 Å². The van der Waals surface area contributed by atoms with E-state index < -0.39 is 0 Å². The number of nitrogens with one attached hydrogen (secondary N) is 1. The van der Waals surface area contributed by atoms with Gasteiger partial charge in [0.1, 0.15) is 0 Å². The van der Waals surface area contributed by atoms with E-state index in [4.69, 9.17) is 0 Å². The van der Waals surface area contributed by atoms with Gasteiger partial charge in [-0.2, -0.15) is 5.10 Å². The van der Waals surface area contributed by atoms with Crippen LogP contribution in [0.4, 0.5) is 0 Å². The molecule has 1 aromatic heterocycles. The molecule has 0 unspecified atom stereocenters. The summed E-state index contributed by atoms with van der Waals surface area (Å²) >= 11 is 0. The SMILES string of the molecule is CC[C@H]1CN(C(=O)CCCc2cn[nH]c2)CCC(=O)N1Cc1ccccc1. The highest BCUT2D eigenvalue weighted by atomic mass is 16.2. The lowest BCUT2D eigenvalue weighted by atomic mass is 10.1. The minimum Gasteiger partial charge on any atom is -0.340 e. The monoisotopic (exact) mass is 368 g/mol. The Labute approximate surface area is 160 Å². The van der Waals surface area contributed by atoms with Crippen molar-refractivity contribution >= 4 is 11.8 Å². The molecule has 1 saturated heterocycles. The number of rotatable bonds is 7. The van der Waals surface area contributed by atoms with Crippen LogP contribution in [0.15, 0.2) is 42.7 Å². The zero-order chi connectivity index (χ0) is 19.1. The summed E-state index contributed by atoms with van der Waals surface area (Å²) in [5.41, 5.74) is 2.25. The fraction of sp³-hybridized carbons (Fsp3) is 0.476. The van der Waals surface area contributed by atoms with Crippen LogP contribution >= 0.6 is 0 Å². The molecule has 2 amide bonds. The molecule has 0 aliphatic carbocycles. The van der Waals surface area contributed by atoms with E-state index in [0.29, 0.717) is 32.5 Å². The molecule has 1 atom stereocenters. The van der Waals surface area contributed by atoms with Crippen molar-refractivity contribution in [3.05, 3.63) is 53.9 Å². The molecule has 6 nitrogen and oxygen atoms in total. The van der Waals surface area contributed by atoms with Crippen LogP contribution in [-0.2, 0) is 22.6 Å². The lowest BCUT2D eigenvalue weighted by molar-refractivity contribution is -0.133. The highest BCUT2D eigenvalue weighted by Crippen LogP contribution is 2.19. The third-order valence-corrected chi connectivity index (χ3v) is 5.22. The van der Waals surface area contributed by atoms with Gasteiger partial charge in [-0.25, -0.2) is 0 Å². The van der Waals surface area contributed by atoms with Gasteiger partial charge in [-0.3, -0.25) is 14.7 Å². The second-order valence-electron chi connectivity index (χ2n) is 7.12. The third kappa shape index (κ3) is 5.18. The maximum Gasteiger partial charge on any atom is 0.224 e. The van der Waals surface area contributed by atoms with E-state index in [-0.39, 0.29) is 17.9 Å². The number of nitrogens with zero attached hydrogens (tertiary/aromatic N) is 3. The van der Waals surface area contributed by atoms with Crippen molar-refractivity contribution in [3.8, 4) is 0 Å². The maximum atomic E-state index is 12.7. The summed E-state index contributed by atoms with van der Waals surface area (Å²) in [4.78, 5) is 29.2. The molecule has 0 radical (unpaired) electrons. The Kier molecular flexibility index (Phi) is 6.63. The minimum atomic E-state index is 0.0676. The number of hydrogen-bond acceptors (Lipinski definition) is 3. The van der Waals surface area contributed by atoms with Gasteiger partial charge in [0.05, 0.1) is 6.20 Å². The van der Waals surface area contributed by atoms with Crippen LogP contribution in [0.1, 0.15) is 43.7 Å². The van der Waals surface area contributed by atoms with Crippen LogP contribution in [0.5, 0.6) is 0 Å². The van der Waals surface area contributed by atoms with Crippen molar-refractivity contribution in [1.82, 2.24) is 20.0 Å². The van der Waals surface area contributed by atoms with Crippen LogP contribution in [0, 0.1) is 0 Å². The van der Waals surface area contributed by atoms with Gasteiger partial charge in [-0.15, -0.1) is 0 Å². The normalized spacial score (nSPS) is 17.8. The topological polar surface area (TPSA) is 69.3 Å². The number of H-pyrrole nitrogens is 1. The highest BCUT2D eigenvalue weighted by Gasteiger charge is 2.30. The van der Waals surface area contributed by atoms with E-state index >= 15 is 0 Å². The fourth-order valence-electron chi connectivity index (χ4n) is 3.61. The first kappa shape index (κ1) is 19.1. The highest BCUT2D eigenvalue weighted by molar-refractivity contribution is 5.80. The van der Waals surface area contributed by atoms with E-state index in [0.717, 1.165) is 30.4 Å². The average Bonchev–Trinajstić information content (AvgIpc) is 3.15. The smallest absolute Gasteiger partial charge is 0.224 e. The summed E-state index contributed by atoms with van der Waals surface area (Å²) in [6, 6.07) is 10.1. The predicted octanol–water partition coefficient (Wildman–Crippen LogP) is 2.77. The molecular weight excluding hydrogens is 340 g/mol. The van der Waals surface area contributed by atoms with Gasteiger partial charge in [0.25, 0.3) is 0 Å². The molecule has 3 rings (SSSR count). The van der Waals surface area contributed by atoms with Crippen LogP contribution in [0.2, 0.25) is 0 Å². The van der Waals surface area contributed by atoms with Gasteiger partial charge in [-0.05, 0) is 30.4 Å². The van der Waals surface area contributed by atoms with E-state index in [1.165, 1.54) is 0 Å². The number of amides is 2. The van der Waals surface area contributed by atoms with E-state index in [1.54, 1.807) is 6.20 Å². The molecule has 1 fully saturated rings. The summed E-state index contributed by atoms with van der Waals surface area (Å²) in [5.74, 6) is 0.283. The summed E-state index contributed by atoms with van der Waals surface area (Å²) in [6.07, 6.45) is 7.05. The van der Waals surface area contributed by atoms with Crippen LogP contribution in [-0.4, -0.2) is 50.9 Å². The van der Waals surface area contributed by atoms with Crippen molar-refractivity contribution in [3.63, 3.8) is 0 Å². The molecule has 0 spiro atoms. The number of aromatic amines is 1. The second-order valence-corrected chi connectivity index (χ2v) is 7.12. The van der Waals surface area contributed by atoms with Gasteiger partial charge in [0.15, 0.2) is 0 Å². The minimum absolute atomic E-state index is 0.0676. The number of aryl methyl sites for hydroxylation is 1. The lowest BCUT2D eigenvalue weighted by Gasteiger charge is -2.31. The number of carbonyl (C=O) groups is 2. The van der Waals surface area contributed by atoms with Crippen LogP contribution < -0.4 is 0 Å². The summed E-state index contributed by atoms with van der Waals surface area (Å²) < 4.78 is 0. The molecular formula is C21H28N4O2. The zero-order valence-electron chi connectivity index (χ0n) is 15.9. The van der Waals surface area contributed by atoms with Crippen molar-refractivity contribution in [2.45, 2.75) is 51.6 Å². The lowest BCUT2D eigenvalue weighted by Crippen LogP contribution is -2.43. The Morgan fingerprint density at radius 3 is 2.78 bits per heavy atom. The Bertz CT molecular complexity index is 730. The van der Waals surface area contributed by atoms with Gasteiger partial charge in [0.2, 0.25) is 11.8 Å². The molecule has 27 heavy (non-hydrogen) atoms. The Morgan fingerprint density at radius 2 is 2.07 bits per heavy atom. The van der Waals surface area contributed by atoms with E-state index in [1.807, 2.05) is 46.3 Å². The van der Waals surface area contributed by atoms with Crippen molar-refractivity contribution < 1.29 is 9.59 Å². The largest absolute Gasteiger partial charge is 0.340 e.